The monoisotopic (exact) mass is 360 g/mol. The summed E-state index contributed by atoms with van der Waals surface area (Å²) in [5.74, 6) is 0.254. The van der Waals surface area contributed by atoms with Crippen molar-refractivity contribution in [3.8, 4) is 0 Å². The zero-order valence-corrected chi connectivity index (χ0v) is 13.1. The number of hydrogen-bond donors (Lipinski definition) is 1. The number of sulfonamides is 1. The Morgan fingerprint density at radius 2 is 2.00 bits per heavy atom. The third kappa shape index (κ3) is 3.46. The number of nitrogens with one attached hydrogen (secondary N) is 1. The van der Waals surface area contributed by atoms with Crippen molar-refractivity contribution in [1.82, 2.24) is 4.98 Å². The van der Waals surface area contributed by atoms with Crippen LogP contribution in [0, 0.1) is 6.92 Å². The van der Waals surface area contributed by atoms with Gasteiger partial charge in [-0.3, -0.25) is 4.72 Å². The number of rotatable bonds is 3. The number of halogens is 2. The predicted molar refractivity (Wildman–Crippen MR) is 78.9 cm³/mol. The molecule has 1 heterocycles. The van der Waals surface area contributed by atoms with Gasteiger partial charge in [-0.15, -0.1) is 0 Å². The highest BCUT2D eigenvalue weighted by atomic mass is 79.9. The third-order valence-corrected chi connectivity index (χ3v) is 4.66. The molecule has 0 spiro atoms. The quantitative estimate of drug-likeness (QED) is 0.908. The van der Waals surface area contributed by atoms with E-state index in [2.05, 4.69) is 25.6 Å². The van der Waals surface area contributed by atoms with E-state index in [4.69, 9.17) is 11.6 Å². The van der Waals surface area contributed by atoms with E-state index in [9.17, 15) is 8.42 Å². The zero-order chi connectivity index (χ0) is 14.0. The van der Waals surface area contributed by atoms with E-state index in [1.165, 1.54) is 12.1 Å². The second-order valence-corrected chi connectivity index (χ2v) is 6.87. The SMILES string of the molecule is Cc1ccc(NS(=O)(=O)c2ccc(Br)cc2Cl)nc1. The van der Waals surface area contributed by atoms with Gasteiger partial charge in [0.1, 0.15) is 10.7 Å². The molecule has 1 N–H and O–H groups in total. The van der Waals surface area contributed by atoms with E-state index in [0.717, 1.165) is 5.56 Å². The second-order valence-electron chi connectivity index (χ2n) is 3.90. The van der Waals surface area contributed by atoms with Crippen LogP contribution in [0.4, 0.5) is 5.82 Å². The van der Waals surface area contributed by atoms with Crippen LogP contribution >= 0.6 is 27.5 Å². The first kappa shape index (κ1) is 14.3. The molecule has 19 heavy (non-hydrogen) atoms. The summed E-state index contributed by atoms with van der Waals surface area (Å²) in [6.45, 7) is 1.87. The number of aromatic nitrogens is 1. The van der Waals surface area contributed by atoms with E-state index in [0.29, 0.717) is 4.47 Å². The summed E-state index contributed by atoms with van der Waals surface area (Å²) in [5.41, 5.74) is 0.949. The minimum Gasteiger partial charge on any atom is -0.263 e. The standard InChI is InChI=1S/C12H10BrClN2O2S/c1-8-2-5-12(15-7-8)16-19(17,18)11-4-3-9(13)6-10(11)14/h2-7H,1H3,(H,15,16). The van der Waals surface area contributed by atoms with Gasteiger partial charge in [-0.1, -0.05) is 33.6 Å². The van der Waals surface area contributed by atoms with Crippen LogP contribution in [0.25, 0.3) is 0 Å². The lowest BCUT2D eigenvalue weighted by Gasteiger charge is -2.09. The molecule has 0 aliphatic heterocycles. The first-order chi connectivity index (χ1) is 8.88. The fourth-order valence-corrected chi connectivity index (χ4v) is 3.46. The molecule has 0 amide bonds. The molecule has 0 unspecified atom stereocenters. The van der Waals surface area contributed by atoms with E-state index < -0.39 is 10.0 Å². The van der Waals surface area contributed by atoms with Crippen molar-refractivity contribution in [1.29, 1.82) is 0 Å². The average Bonchev–Trinajstić information content (AvgIpc) is 2.31. The summed E-state index contributed by atoms with van der Waals surface area (Å²) < 4.78 is 27.4. The second kappa shape index (κ2) is 5.48. The van der Waals surface area contributed by atoms with Crippen LogP contribution in [0.3, 0.4) is 0 Å². The lowest BCUT2D eigenvalue weighted by atomic mass is 10.3. The summed E-state index contributed by atoms with van der Waals surface area (Å²) in [6, 6.07) is 7.94. The van der Waals surface area contributed by atoms with Crippen LogP contribution in [-0.2, 0) is 10.0 Å². The maximum atomic E-state index is 12.2. The van der Waals surface area contributed by atoms with Crippen molar-refractivity contribution in [2.24, 2.45) is 0 Å². The van der Waals surface area contributed by atoms with Crippen LogP contribution in [0.5, 0.6) is 0 Å². The van der Waals surface area contributed by atoms with Gasteiger partial charge in [-0.25, -0.2) is 13.4 Å². The Labute approximate surface area is 125 Å². The highest BCUT2D eigenvalue weighted by molar-refractivity contribution is 9.10. The van der Waals surface area contributed by atoms with Gasteiger partial charge in [0.25, 0.3) is 10.0 Å². The summed E-state index contributed by atoms with van der Waals surface area (Å²) in [7, 11) is -3.74. The molecular weight excluding hydrogens is 352 g/mol. The van der Waals surface area contributed by atoms with Gasteiger partial charge in [0, 0.05) is 10.7 Å². The topological polar surface area (TPSA) is 59.1 Å². The Morgan fingerprint density at radius 1 is 1.26 bits per heavy atom. The predicted octanol–water partition coefficient (Wildman–Crippen LogP) is 3.61. The van der Waals surface area contributed by atoms with Crippen molar-refractivity contribution >= 4 is 43.4 Å². The van der Waals surface area contributed by atoms with E-state index in [-0.39, 0.29) is 15.7 Å². The lowest BCUT2D eigenvalue weighted by molar-refractivity contribution is 0.601. The first-order valence-corrected chi connectivity index (χ1v) is 7.94. The van der Waals surface area contributed by atoms with Gasteiger partial charge in [-0.05, 0) is 36.8 Å². The summed E-state index contributed by atoms with van der Waals surface area (Å²) in [5, 5.41) is 0.147. The number of pyridine rings is 1. The fraction of sp³-hybridized carbons (Fsp3) is 0.0833. The largest absolute Gasteiger partial charge is 0.264 e. The van der Waals surface area contributed by atoms with Gasteiger partial charge in [0.15, 0.2) is 0 Å². The normalized spacial score (nSPS) is 11.3. The highest BCUT2D eigenvalue weighted by Gasteiger charge is 2.18. The minimum absolute atomic E-state index is 0.0136. The van der Waals surface area contributed by atoms with Gasteiger partial charge in [0.05, 0.1) is 5.02 Å². The molecule has 4 nitrogen and oxygen atoms in total. The number of hydrogen-bond acceptors (Lipinski definition) is 3. The van der Waals surface area contributed by atoms with E-state index in [1.54, 1.807) is 24.4 Å². The van der Waals surface area contributed by atoms with E-state index >= 15 is 0 Å². The Morgan fingerprint density at radius 3 is 2.58 bits per heavy atom. The van der Waals surface area contributed by atoms with Gasteiger partial charge >= 0.3 is 0 Å². The highest BCUT2D eigenvalue weighted by Crippen LogP contribution is 2.26. The first-order valence-electron chi connectivity index (χ1n) is 5.29. The minimum atomic E-state index is -3.74. The number of nitrogens with zero attached hydrogens (tertiary/aromatic N) is 1. The molecule has 1 aromatic carbocycles. The molecule has 2 rings (SSSR count). The van der Waals surface area contributed by atoms with Crippen molar-refractivity contribution in [2.75, 3.05) is 4.72 Å². The van der Waals surface area contributed by atoms with Crippen molar-refractivity contribution in [2.45, 2.75) is 11.8 Å². The molecule has 100 valence electrons. The van der Waals surface area contributed by atoms with Crippen LogP contribution in [0.15, 0.2) is 45.9 Å². The molecule has 0 aliphatic rings. The summed E-state index contributed by atoms with van der Waals surface area (Å²) in [6.07, 6.45) is 1.58. The number of benzene rings is 1. The Hall–Kier alpha value is -1.11. The van der Waals surface area contributed by atoms with Crippen LogP contribution in [0.2, 0.25) is 5.02 Å². The van der Waals surface area contributed by atoms with Crippen LogP contribution < -0.4 is 4.72 Å². The molecule has 0 bridgehead atoms. The molecule has 1 aromatic heterocycles. The van der Waals surface area contributed by atoms with Gasteiger partial charge < -0.3 is 0 Å². The third-order valence-electron chi connectivity index (χ3n) is 2.33. The molecule has 0 radical (unpaired) electrons. The molecule has 0 atom stereocenters. The zero-order valence-electron chi connectivity index (χ0n) is 9.89. The smallest absolute Gasteiger partial charge is 0.263 e. The maximum Gasteiger partial charge on any atom is 0.264 e. The molecular formula is C12H10BrClN2O2S. The van der Waals surface area contributed by atoms with Crippen molar-refractivity contribution in [3.05, 3.63) is 51.6 Å². The molecule has 0 saturated heterocycles. The van der Waals surface area contributed by atoms with Crippen LogP contribution in [0.1, 0.15) is 5.56 Å². The molecule has 0 aliphatic carbocycles. The summed E-state index contributed by atoms with van der Waals surface area (Å²) >= 11 is 9.16. The fourth-order valence-electron chi connectivity index (χ4n) is 1.41. The van der Waals surface area contributed by atoms with Crippen LogP contribution in [-0.4, -0.2) is 13.4 Å². The molecule has 0 saturated carbocycles. The van der Waals surface area contributed by atoms with Crippen molar-refractivity contribution in [3.63, 3.8) is 0 Å². The Kier molecular flexibility index (Phi) is 4.13. The maximum absolute atomic E-state index is 12.2. The van der Waals surface area contributed by atoms with Gasteiger partial charge in [-0.2, -0.15) is 0 Å². The Bertz CT molecular complexity index is 702. The molecule has 7 heteroatoms. The summed E-state index contributed by atoms with van der Waals surface area (Å²) in [4.78, 5) is 4.01. The average molecular weight is 362 g/mol. The Balaban J connectivity index is 2.35. The molecule has 0 fully saturated rings. The van der Waals surface area contributed by atoms with E-state index in [1.807, 2.05) is 6.92 Å². The number of anilines is 1. The molecule has 2 aromatic rings. The van der Waals surface area contributed by atoms with Gasteiger partial charge in [0.2, 0.25) is 0 Å². The van der Waals surface area contributed by atoms with Crippen molar-refractivity contribution < 1.29 is 8.42 Å². The number of aryl methyl sites for hydroxylation is 1. The lowest BCUT2D eigenvalue weighted by Crippen LogP contribution is -2.14.